The second-order valence-electron chi connectivity index (χ2n) is 6.94. The second kappa shape index (κ2) is 9.54. The molecule has 1 aromatic carbocycles. The number of nitrogens with one attached hydrogen (secondary N) is 1. The summed E-state index contributed by atoms with van der Waals surface area (Å²) in [4.78, 5) is 27.4. The van der Waals surface area contributed by atoms with Crippen LogP contribution in [0.25, 0.3) is 11.1 Å². The first-order valence-electron chi connectivity index (χ1n) is 9.58. The molecule has 5 nitrogen and oxygen atoms in total. The molecule has 2 aromatic rings. The summed E-state index contributed by atoms with van der Waals surface area (Å²) in [7, 11) is 0. The number of thiophene rings is 1. The van der Waals surface area contributed by atoms with E-state index in [1.165, 1.54) is 17.8 Å². The highest BCUT2D eigenvalue weighted by Gasteiger charge is 2.25. The fourth-order valence-electron chi connectivity index (χ4n) is 3.44. The van der Waals surface area contributed by atoms with Crippen LogP contribution < -0.4 is 5.32 Å². The maximum Gasteiger partial charge on any atom is 0.341 e. The molecule has 2 heterocycles. The van der Waals surface area contributed by atoms with Gasteiger partial charge in [-0.2, -0.15) is 0 Å². The van der Waals surface area contributed by atoms with Crippen molar-refractivity contribution >= 4 is 39.8 Å². The number of carbonyl (C=O) groups excluding carboxylic acids is 2. The van der Waals surface area contributed by atoms with Crippen LogP contribution in [-0.4, -0.2) is 42.5 Å². The number of benzene rings is 1. The van der Waals surface area contributed by atoms with Crippen LogP contribution in [0.4, 0.5) is 5.00 Å². The van der Waals surface area contributed by atoms with Gasteiger partial charge in [-0.1, -0.05) is 30.2 Å². The fraction of sp³-hybridized carbons (Fsp3) is 0.429. The highest BCUT2D eigenvalue weighted by Crippen LogP contribution is 2.36. The van der Waals surface area contributed by atoms with Gasteiger partial charge in [0.15, 0.2) is 0 Å². The standard InChI is InChI=1S/C21H25ClN2O3S/c1-3-27-21(26)19-17(15-7-9-16(22)10-8-15)13-28-20(19)23-18(25)12-24-11-5-4-6-14(24)2/h7-10,13-14H,3-6,11-12H2,1-2H3,(H,23,25)/t14-/m1/s1. The predicted molar refractivity (Wildman–Crippen MR) is 114 cm³/mol. The topological polar surface area (TPSA) is 58.6 Å². The minimum Gasteiger partial charge on any atom is -0.462 e. The number of carbonyl (C=O) groups is 2. The van der Waals surface area contributed by atoms with Crippen LogP contribution in [0, 0.1) is 0 Å². The van der Waals surface area contributed by atoms with Crippen LogP contribution in [0.2, 0.25) is 5.02 Å². The molecule has 3 rings (SSSR count). The quantitative estimate of drug-likeness (QED) is 0.663. The van der Waals surface area contributed by atoms with Gasteiger partial charge in [0.25, 0.3) is 0 Å². The van der Waals surface area contributed by atoms with E-state index in [0.29, 0.717) is 28.2 Å². The monoisotopic (exact) mass is 420 g/mol. The summed E-state index contributed by atoms with van der Waals surface area (Å²) in [6.07, 6.45) is 3.44. The van der Waals surface area contributed by atoms with Gasteiger partial charge in [-0.15, -0.1) is 11.3 Å². The molecule has 1 amide bonds. The highest BCUT2D eigenvalue weighted by molar-refractivity contribution is 7.15. The zero-order chi connectivity index (χ0) is 20.1. The van der Waals surface area contributed by atoms with Crippen molar-refractivity contribution in [2.45, 2.75) is 39.2 Å². The van der Waals surface area contributed by atoms with Gasteiger partial charge in [0.1, 0.15) is 10.6 Å². The first-order chi connectivity index (χ1) is 13.5. The zero-order valence-electron chi connectivity index (χ0n) is 16.2. The molecule has 150 valence electrons. The Balaban J connectivity index is 1.82. The van der Waals surface area contributed by atoms with Gasteiger partial charge < -0.3 is 10.1 Å². The van der Waals surface area contributed by atoms with E-state index in [1.807, 2.05) is 17.5 Å². The summed E-state index contributed by atoms with van der Waals surface area (Å²) in [6.45, 7) is 5.45. The number of hydrogen-bond acceptors (Lipinski definition) is 5. The third-order valence-electron chi connectivity index (χ3n) is 4.97. The lowest BCUT2D eigenvalue weighted by atomic mass is 10.0. The molecule has 0 radical (unpaired) electrons. The Kier molecular flexibility index (Phi) is 7.10. The average molecular weight is 421 g/mol. The molecule has 1 aliphatic heterocycles. The van der Waals surface area contributed by atoms with Gasteiger partial charge >= 0.3 is 5.97 Å². The number of likely N-dealkylation sites (tertiary alicyclic amines) is 1. The van der Waals surface area contributed by atoms with E-state index in [4.69, 9.17) is 16.3 Å². The summed E-state index contributed by atoms with van der Waals surface area (Å²) in [6, 6.07) is 7.67. The van der Waals surface area contributed by atoms with Gasteiger partial charge in [-0.3, -0.25) is 9.69 Å². The molecule has 0 unspecified atom stereocenters. The Morgan fingerprint density at radius 2 is 2.04 bits per heavy atom. The lowest BCUT2D eigenvalue weighted by Gasteiger charge is -2.32. The number of anilines is 1. The van der Waals surface area contributed by atoms with Crippen molar-refractivity contribution in [2.24, 2.45) is 0 Å². The third-order valence-corrected chi connectivity index (χ3v) is 6.11. The third kappa shape index (κ3) is 4.93. The molecular weight excluding hydrogens is 396 g/mol. The Morgan fingerprint density at radius 3 is 2.71 bits per heavy atom. The van der Waals surface area contributed by atoms with Crippen molar-refractivity contribution in [1.29, 1.82) is 0 Å². The minimum absolute atomic E-state index is 0.108. The smallest absolute Gasteiger partial charge is 0.341 e. The molecule has 1 atom stereocenters. The van der Waals surface area contributed by atoms with Crippen LogP contribution in [-0.2, 0) is 9.53 Å². The molecule has 1 aromatic heterocycles. The van der Waals surface area contributed by atoms with Gasteiger partial charge in [0.05, 0.1) is 13.2 Å². The largest absolute Gasteiger partial charge is 0.462 e. The molecule has 28 heavy (non-hydrogen) atoms. The second-order valence-corrected chi connectivity index (χ2v) is 8.26. The number of ether oxygens (including phenoxy) is 1. The van der Waals surface area contributed by atoms with Crippen LogP contribution in [0.1, 0.15) is 43.5 Å². The maximum absolute atomic E-state index is 12.6. The van der Waals surface area contributed by atoms with E-state index >= 15 is 0 Å². The van der Waals surface area contributed by atoms with E-state index in [0.717, 1.165) is 30.5 Å². The maximum atomic E-state index is 12.6. The number of amides is 1. The van der Waals surface area contributed by atoms with E-state index in [1.54, 1.807) is 19.1 Å². The average Bonchev–Trinajstić information content (AvgIpc) is 3.08. The number of nitrogens with zero attached hydrogens (tertiary/aromatic N) is 1. The molecule has 7 heteroatoms. The molecule has 0 spiro atoms. The number of hydrogen-bond donors (Lipinski definition) is 1. The summed E-state index contributed by atoms with van der Waals surface area (Å²) in [5.74, 6) is -0.542. The number of rotatable bonds is 6. The van der Waals surface area contributed by atoms with E-state index in [9.17, 15) is 9.59 Å². The van der Waals surface area contributed by atoms with Crippen molar-refractivity contribution < 1.29 is 14.3 Å². The van der Waals surface area contributed by atoms with Crippen molar-refractivity contribution in [2.75, 3.05) is 25.0 Å². The van der Waals surface area contributed by atoms with Gasteiger partial charge in [0.2, 0.25) is 5.91 Å². The minimum atomic E-state index is -0.435. The lowest BCUT2D eigenvalue weighted by Crippen LogP contribution is -2.42. The lowest BCUT2D eigenvalue weighted by molar-refractivity contribution is -0.118. The molecule has 0 aliphatic carbocycles. The Hall–Kier alpha value is -1.89. The number of esters is 1. The molecule has 0 saturated carbocycles. The van der Waals surface area contributed by atoms with E-state index in [2.05, 4.69) is 17.1 Å². The van der Waals surface area contributed by atoms with Gasteiger partial charge in [-0.05, 0) is 50.9 Å². The fourth-order valence-corrected chi connectivity index (χ4v) is 4.54. The SMILES string of the molecule is CCOC(=O)c1c(-c2ccc(Cl)cc2)csc1NC(=O)CN1CCCC[C@H]1C. The first kappa shape index (κ1) is 20.8. The molecule has 1 fully saturated rings. The predicted octanol–water partition coefficient (Wildman–Crippen LogP) is 5.06. The van der Waals surface area contributed by atoms with Crippen LogP contribution >= 0.6 is 22.9 Å². The zero-order valence-corrected chi connectivity index (χ0v) is 17.7. The van der Waals surface area contributed by atoms with Crippen LogP contribution in [0.3, 0.4) is 0 Å². The summed E-state index contributed by atoms with van der Waals surface area (Å²) in [5, 5.41) is 5.95. The summed E-state index contributed by atoms with van der Waals surface area (Å²) >= 11 is 7.32. The Labute approximate surface area is 174 Å². The van der Waals surface area contributed by atoms with Gasteiger partial charge in [0, 0.05) is 22.0 Å². The van der Waals surface area contributed by atoms with Crippen molar-refractivity contribution in [1.82, 2.24) is 4.90 Å². The summed E-state index contributed by atoms with van der Waals surface area (Å²) < 4.78 is 5.24. The molecule has 1 N–H and O–H groups in total. The van der Waals surface area contributed by atoms with Crippen LogP contribution in [0.15, 0.2) is 29.6 Å². The Morgan fingerprint density at radius 1 is 1.29 bits per heavy atom. The first-order valence-corrected chi connectivity index (χ1v) is 10.8. The van der Waals surface area contributed by atoms with Gasteiger partial charge in [-0.25, -0.2) is 4.79 Å². The van der Waals surface area contributed by atoms with Crippen LogP contribution in [0.5, 0.6) is 0 Å². The normalized spacial score (nSPS) is 17.3. The number of piperidine rings is 1. The van der Waals surface area contributed by atoms with E-state index in [-0.39, 0.29) is 12.5 Å². The summed E-state index contributed by atoms with van der Waals surface area (Å²) in [5.41, 5.74) is 1.99. The van der Waals surface area contributed by atoms with E-state index < -0.39 is 5.97 Å². The number of halogens is 1. The molecule has 1 aliphatic rings. The molecular formula is C21H25ClN2O3S. The molecule has 1 saturated heterocycles. The highest BCUT2D eigenvalue weighted by atomic mass is 35.5. The van der Waals surface area contributed by atoms with Crippen molar-refractivity contribution in [3.05, 3.63) is 40.2 Å². The van der Waals surface area contributed by atoms with Crippen molar-refractivity contribution in [3.63, 3.8) is 0 Å². The molecule has 0 bridgehead atoms. The van der Waals surface area contributed by atoms with Crippen molar-refractivity contribution in [3.8, 4) is 11.1 Å². The Bertz CT molecular complexity index is 835.